The summed E-state index contributed by atoms with van der Waals surface area (Å²) in [6.07, 6.45) is 0. The molecule has 1 heterocycles. The van der Waals surface area contributed by atoms with E-state index in [-0.39, 0.29) is 5.56 Å². The van der Waals surface area contributed by atoms with Gasteiger partial charge in [-0.15, -0.1) is 0 Å². The minimum atomic E-state index is -0.995. The van der Waals surface area contributed by atoms with Crippen molar-refractivity contribution < 1.29 is 14.6 Å². The Labute approximate surface area is 138 Å². The maximum atomic E-state index is 11.6. The van der Waals surface area contributed by atoms with Crippen molar-refractivity contribution in [2.75, 3.05) is 7.11 Å². The van der Waals surface area contributed by atoms with Gasteiger partial charge in [-0.05, 0) is 43.3 Å². The molecular formula is C18H14ClNO3. The zero-order valence-electron chi connectivity index (χ0n) is 12.6. The second-order valence-electron chi connectivity index (χ2n) is 5.23. The van der Waals surface area contributed by atoms with Crippen molar-refractivity contribution in [2.45, 2.75) is 6.92 Å². The number of pyridine rings is 1. The van der Waals surface area contributed by atoms with Crippen LogP contribution >= 0.6 is 11.6 Å². The monoisotopic (exact) mass is 327 g/mol. The number of hydrogen-bond acceptors (Lipinski definition) is 3. The molecule has 0 saturated heterocycles. The van der Waals surface area contributed by atoms with Crippen LogP contribution in [0.4, 0.5) is 0 Å². The molecular weight excluding hydrogens is 314 g/mol. The Morgan fingerprint density at radius 2 is 1.96 bits per heavy atom. The van der Waals surface area contributed by atoms with Crippen LogP contribution in [0.3, 0.4) is 0 Å². The quantitative estimate of drug-likeness (QED) is 0.765. The second-order valence-corrected chi connectivity index (χ2v) is 5.66. The molecule has 0 aliphatic rings. The smallest absolute Gasteiger partial charge is 0.336 e. The maximum absolute atomic E-state index is 11.6. The van der Waals surface area contributed by atoms with Crippen LogP contribution in [0, 0.1) is 6.92 Å². The summed E-state index contributed by atoms with van der Waals surface area (Å²) in [4.78, 5) is 16.2. The van der Waals surface area contributed by atoms with Crippen LogP contribution in [-0.4, -0.2) is 23.2 Å². The minimum absolute atomic E-state index is 0.204. The number of fused-ring (bicyclic) bond motifs is 1. The Bertz CT molecular complexity index is 922. The summed E-state index contributed by atoms with van der Waals surface area (Å²) in [6.45, 7) is 1.92. The first-order valence-corrected chi connectivity index (χ1v) is 7.36. The van der Waals surface area contributed by atoms with Gasteiger partial charge >= 0.3 is 5.97 Å². The number of nitrogens with zero attached hydrogens (tertiary/aromatic N) is 1. The van der Waals surface area contributed by atoms with Crippen LogP contribution < -0.4 is 4.74 Å². The molecule has 1 N–H and O–H groups in total. The number of halogens is 1. The van der Waals surface area contributed by atoms with Crippen LogP contribution in [0.25, 0.3) is 22.2 Å². The predicted octanol–water partition coefficient (Wildman–Crippen LogP) is 4.57. The Morgan fingerprint density at radius 1 is 1.17 bits per heavy atom. The first-order chi connectivity index (χ1) is 11.0. The molecule has 0 atom stereocenters. The number of carbonyl (C=O) groups is 1. The van der Waals surface area contributed by atoms with Crippen molar-refractivity contribution in [3.05, 3.63) is 58.6 Å². The van der Waals surface area contributed by atoms with Crippen molar-refractivity contribution in [3.8, 4) is 17.0 Å². The lowest BCUT2D eigenvalue weighted by Gasteiger charge is -2.11. The molecule has 116 valence electrons. The largest absolute Gasteiger partial charge is 0.496 e. The topological polar surface area (TPSA) is 59.4 Å². The molecule has 0 radical (unpaired) electrons. The molecule has 0 saturated carbocycles. The van der Waals surface area contributed by atoms with E-state index in [4.69, 9.17) is 16.3 Å². The molecule has 0 bridgehead atoms. The van der Waals surface area contributed by atoms with Crippen molar-refractivity contribution in [1.82, 2.24) is 4.98 Å². The number of carboxylic acids is 1. The number of aromatic nitrogens is 1. The number of carboxylic acid groups (broad SMARTS) is 1. The van der Waals surface area contributed by atoms with Gasteiger partial charge < -0.3 is 9.84 Å². The van der Waals surface area contributed by atoms with Gasteiger partial charge in [-0.2, -0.15) is 0 Å². The van der Waals surface area contributed by atoms with Gasteiger partial charge in [-0.1, -0.05) is 23.2 Å². The van der Waals surface area contributed by atoms with Gasteiger partial charge in [0.15, 0.2) is 0 Å². The van der Waals surface area contributed by atoms with Crippen LogP contribution in [0.5, 0.6) is 5.75 Å². The lowest BCUT2D eigenvalue weighted by atomic mass is 10.0. The summed E-state index contributed by atoms with van der Waals surface area (Å²) in [6, 6.07) is 12.3. The highest BCUT2D eigenvalue weighted by molar-refractivity contribution is 6.31. The second kappa shape index (κ2) is 5.89. The summed E-state index contributed by atoms with van der Waals surface area (Å²) < 4.78 is 5.34. The van der Waals surface area contributed by atoms with E-state index in [1.807, 2.05) is 25.1 Å². The Kier molecular flexibility index (Phi) is 3.92. The van der Waals surface area contributed by atoms with Crippen LogP contribution in [0.1, 0.15) is 15.9 Å². The predicted molar refractivity (Wildman–Crippen MR) is 90.4 cm³/mol. The van der Waals surface area contributed by atoms with Gasteiger partial charge in [0.05, 0.1) is 23.9 Å². The summed E-state index contributed by atoms with van der Waals surface area (Å²) in [5, 5.41) is 10.7. The van der Waals surface area contributed by atoms with E-state index in [1.54, 1.807) is 31.4 Å². The number of aryl methyl sites for hydroxylation is 1. The molecule has 0 aliphatic carbocycles. The molecule has 1 aromatic heterocycles. The fourth-order valence-corrected chi connectivity index (χ4v) is 2.71. The summed E-state index contributed by atoms with van der Waals surface area (Å²) >= 11 is 6.07. The third-order valence-corrected chi connectivity index (χ3v) is 3.87. The lowest BCUT2D eigenvalue weighted by Crippen LogP contribution is -2.01. The van der Waals surface area contributed by atoms with Gasteiger partial charge in [0.1, 0.15) is 5.75 Å². The molecule has 0 unspecified atom stereocenters. The van der Waals surface area contributed by atoms with E-state index >= 15 is 0 Å². The molecule has 0 amide bonds. The summed E-state index contributed by atoms with van der Waals surface area (Å²) in [7, 11) is 1.55. The highest BCUT2D eigenvalue weighted by atomic mass is 35.5. The average Bonchev–Trinajstić information content (AvgIpc) is 2.53. The van der Waals surface area contributed by atoms with E-state index in [2.05, 4.69) is 4.98 Å². The van der Waals surface area contributed by atoms with Crippen LogP contribution in [0.15, 0.2) is 42.5 Å². The van der Waals surface area contributed by atoms with E-state index < -0.39 is 5.97 Å². The Hall–Kier alpha value is -2.59. The number of hydrogen-bond donors (Lipinski definition) is 1. The fraction of sp³-hybridized carbons (Fsp3) is 0.111. The first-order valence-electron chi connectivity index (χ1n) is 6.98. The number of benzene rings is 2. The number of methoxy groups -OCH3 is 1. The van der Waals surface area contributed by atoms with Crippen molar-refractivity contribution in [3.63, 3.8) is 0 Å². The molecule has 2 aromatic carbocycles. The van der Waals surface area contributed by atoms with E-state index in [1.165, 1.54) is 0 Å². The van der Waals surface area contributed by atoms with Crippen LogP contribution in [-0.2, 0) is 0 Å². The molecule has 23 heavy (non-hydrogen) atoms. The molecule has 4 nitrogen and oxygen atoms in total. The number of ether oxygens (including phenoxy) is 1. The molecule has 3 rings (SSSR count). The van der Waals surface area contributed by atoms with Gasteiger partial charge in [0, 0.05) is 16.0 Å². The molecule has 5 heteroatoms. The highest BCUT2D eigenvalue weighted by Crippen LogP contribution is 2.33. The Balaban J connectivity index is 2.33. The lowest BCUT2D eigenvalue weighted by molar-refractivity contribution is 0.0699. The molecule has 3 aromatic rings. The van der Waals surface area contributed by atoms with E-state index in [0.717, 1.165) is 5.56 Å². The normalized spacial score (nSPS) is 10.7. The number of aromatic carboxylic acids is 1. The van der Waals surface area contributed by atoms with Gasteiger partial charge in [0.25, 0.3) is 0 Å². The van der Waals surface area contributed by atoms with Gasteiger partial charge in [-0.25, -0.2) is 9.78 Å². The zero-order valence-corrected chi connectivity index (χ0v) is 13.4. The summed E-state index contributed by atoms with van der Waals surface area (Å²) in [5.74, 6) is -0.407. The molecule has 0 spiro atoms. The first kappa shape index (κ1) is 15.3. The fourth-order valence-electron chi connectivity index (χ4n) is 2.53. The number of rotatable bonds is 3. The van der Waals surface area contributed by atoms with Crippen molar-refractivity contribution in [1.29, 1.82) is 0 Å². The minimum Gasteiger partial charge on any atom is -0.496 e. The zero-order chi connectivity index (χ0) is 16.6. The van der Waals surface area contributed by atoms with Crippen molar-refractivity contribution in [2.24, 2.45) is 0 Å². The van der Waals surface area contributed by atoms with Crippen LogP contribution in [0.2, 0.25) is 5.02 Å². The highest BCUT2D eigenvalue weighted by Gasteiger charge is 2.15. The van der Waals surface area contributed by atoms with E-state index in [9.17, 15) is 9.90 Å². The van der Waals surface area contributed by atoms with Gasteiger partial charge in [-0.3, -0.25) is 0 Å². The maximum Gasteiger partial charge on any atom is 0.336 e. The Morgan fingerprint density at radius 3 is 2.65 bits per heavy atom. The third kappa shape index (κ3) is 2.85. The SMILES string of the molecule is COc1ccc(Cl)cc1-c1cc(C(=O)O)c2cc(C)ccc2n1. The average molecular weight is 328 g/mol. The molecule has 0 fully saturated rings. The standard InChI is InChI=1S/C18H14ClNO3/c1-10-3-5-15-12(7-10)13(18(21)22)9-16(20-15)14-8-11(19)4-6-17(14)23-2/h3-9H,1-2H3,(H,21,22). The summed E-state index contributed by atoms with van der Waals surface area (Å²) in [5.41, 5.74) is 2.97. The van der Waals surface area contributed by atoms with E-state index in [0.29, 0.717) is 32.9 Å². The van der Waals surface area contributed by atoms with Crippen molar-refractivity contribution >= 4 is 28.5 Å². The molecule has 0 aliphatic heterocycles. The van der Waals surface area contributed by atoms with Gasteiger partial charge in [0.2, 0.25) is 0 Å². The third-order valence-electron chi connectivity index (χ3n) is 3.63.